The topological polar surface area (TPSA) is 94.6 Å². The van der Waals surface area contributed by atoms with Gasteiger partial charge in [0.1, 0.15) is 17.3 Å². The summed E-state index contributed by atoms with van der Waals surface area (Å²) in [6, 6.07) is 6.87. The van der Waals surface area contributed by atoms with Gasteiger partial charge in [0.2, 0.25) is 5.09 Å². The molecule has 8 heteroatoms. The Morgan fingerprint density at radius 2 is 2.10 bits per heavy atom. The van der Waals surface area contributed by atoms with Gasteiger partial charge in [-0.3, -0.25) is 0 Å². The van der Waals surface area contributed by atoms with Crippen LogP contribution in [0, 0.1) is 5.82 Å². The molecule has 0 radical (unpaired) electrons. The number of nitrogens with one attached hydrogen (secondary N) is 1. The Labute approximate surface area is 121 Å². The molecule has 0 bridgehead atoms. The zero-order valence-corrected chi connectivity index (χ0v) is 12.1. The van der Waals surface area contributed by atoms with Crippen molar-refractivity contribution >= 4 is 15.7 Å². The zero-order valence-electron chi connectivity index (χ0n) is 11.3. The molecule has 114 valence electrons. The molecule has 1 aromatic heterocycles. The monoisotopic (exact) mass is 314 g/mol. The van der Waals surface area contributed by atoms with Crippen molar-refractivity contribution in [3.05, 3.63) is 41.9 Å². The van der Waals surface area contributed by atoms with Crippen LogP contribution in [0.4, 0.5) is 10.1 Å². The third-order valence-electron chi connectivity index (χ3n) is 2.61. The van der Waals surface area contributed by atoms with Crippen molar-refractivity contribution in [3.8, 4) is 5.75 Å². The normalized spacial score (nSPS) is 11.4. The Hall–Kier alpha value is -2.06. The molecule has 0 amide bonds. The summed E-state index contributed by atoms with van der Waals surface area (Å²) in [7, 11) is -3.86. The van der Waals surface area contributed by atoms with Crippen LogP contribution in [0.2, 0.25) is 0 Å². The minimum absolute atomic E-state index is 0.210. The standard InChI is InChI=1S/C13H15FN2O4S/c1-2-19-12-7-9(14)3-5-11(12)16-8-10-4-6-13(20-10)21(15,17)18/h3-7,16H,2,8H2,1H3,(H2,15,17,18). The highest BCUT2D eigenvalue weighted by Crippen LogP contribution is 2.26. The summed E-state index contributed by atoms with van der Waals surface area (Å²) >= 11 is 0. The van der Waals surface area contributed by atoms with E-state index in [-0.39, 0.29) is 11.6 Å². The lowest BCUT2D eigenvalue weighted by Gasteiger charge is -2.11. The fourth-order valence-corrected chi connectivity index (χ4v) is 2.19. The zero-order chi connectivity index (χ0) is 15.5. The summed E-state index contributed by atoms with van der Waals surface area (Å²) in [5.74, 6) is 0.347. The summed E-state index contributed by atoms with van der Waals surface area (Å²) < 4.78 is 45.8. The third kappa shape index (κ3) is 3.96. The van der Waals surface area contributed by atoms with Crippen LogP contribution in [0.3, 0.4) is 0 Å². The second-order valence-corrected chi connectivity index (χ2v) is 5.69. The highest BCUT2D eigenvalue weighted by Gasteiger charge is 2.13. The largest absolute Gasteiger partial charge is 0.492 e. The molecular weight excluding hydrogens is 299 g/mol. The molecule has 3 N–H and O–H groups in total. The minimum atomic E-state index is -3.86. The predicted octanol–water partition coefficient (Wildman–Crippen LogP) is 2.08. The first-order chi connectivity index (χ1) is 9.90. The number of primary sulfonamides is 1. The van der Waals surface area contributed by atoms with E-state index in [1.54, 1.807) is 6.92 Å². The SMILES string of the molecule is CCOc1cc(F)ccc1NCc1ccc(S(N)(=O)=O)o1. The number of sulfonamides is 1. The minimum Gasteiger partial charge on any atom is -0.492 e. The van der Waals surface area contributed by atoms with Crippen LogP contribution in [0.15, 0.2) is 39.8 Å². The Morgan fingerprint density at radius 1 is 1.33 bits per heavy atom. The Balaban J connectivity index is 2.11. The molecule has 1 aromatic carbocycles. The van der Waals surface area contributed by atoms with Crippen LogP contribution in [-0.2, 0) is 16.6 Å². The second-order valence-electron chi connectivity index (χ2n) is 4.19. The molecule has 0 spiro atoms. The molecule has 0 aliphatic heterocycles. The van der Waals surface area contributed by atoms with Crippen LogP contribution >= 0.6 is 0 Å². The van der Waals surface area contributed by atoms with Gasteiger partial charge >= 0.3 is 0 Å². The second kappa shape index (κ2) is 6.15. The first kappa shape index (κ1) is 15.3. The van der Waals surface area contributed by atoms with E-state index in [0.717, 1.165) is 0 Å². The molecule has 2 aromatic rings. The molecular formula is C13H15FN2O4S. The van der Waals surface area contributed by atoms with E-state index in [9.17, 15) is 12.8 Å². The maximum atomic E-state index is 13.2. The molecule has 0 fully saturated rings. The van der Waals surface area contributed by atoms with Crippen molar-refractivity contribution in [2.45, 2.75) is 18.6 Å². The summed E-state index contributed by atoms with van der Waals surface area (Å²) in [4.78, 5) is 0. The van der Waals surface area contributed by atoms with Crippen molar-refractivity contribution in [1.29, 1.82) is 0 Å². The van der Waals surface area contributed by atoms with Crippen LogP contribution < -0.4 is 15.2 Å². The van der Waals surface area contributed by atoms with Crippen molar-refractivity contribution in [2.75, 3.05) is 11.9 Å². The first-order valence-electron chi connectivity index (χ1n) is 6.18. The smallest absolute Gasteiger partial charge is 0.271 e. The molecule has 0 atom stereocenters. The van der Waals surface area contributed by atoms with E-state index < -0.39 is 15.8 Å². The van der Waals surface area contributed by atoms with E-state index in [1.165, 1.54) is 30.3 Å². The summed E-state index contributed by atoms with van der Waals surface area (Å²) in [6.07, 6.45) is 0. The van der Waals surface area contributed by atoms with Gasteiger partial charge in [-0.1, -0.05) is 0 Å². The number of nitrogens with two attached hydrogens (primary N) is 1. The summed E-state index contributed by atoms with van der Waals surface area (Å²) in [6.45, 7) is 2.40. The molecule has 6 nitrogen and oxygen atoms in total. The molecule has 2 rings (SSSR count). The maximum Gasteiger partial charge on any atom is 0.271 e. The Kier molecular flexibility index (Phi) is 4.49. The number of rotatable bonds is 6. The number of hydrogen-bond donors (Lipinski definition) is 2. The fraction of sp³-hybridized carbons (Fsp3) is 0.231. The molecule has 1 heterocycles. The predicted molar refractivity (Wildman–Crippen MR) is 75.0 cm³/mol. The van der Waals surface area contributed by atoms with E-state index in [2.05, 4.69) is 5.32 Å². The molecule has 0 aliphatic carbocycles. The number of benzene rings is 1. The molecule has 0 unspecified atom stereocenters. The number of furan rings is 1. The molecule has 0 aliphatic rings. The highest BCUT2D eigenvalue weighted by molar-refractivity contribution is 7.89. The van der Waals surface area contributed by atoms with E-state index in [0.29, 0.717) is 23.8 Å². The van der Waals surface area contributed by atoms with Crippen molar-refractivity contribution in [1.82, 2.24) is 0 Å². The summed E-state index contributed by atoms with van der Waals surface area (Å²) in [5.41, 5.74) is 0.576. The average molecular weight is 314 g/mol. The summed E-state index contributed by atoms with van der Waals surface area (Å²) in [5, 5.41) is 7.64. The fourth-order valence-electron chi connectivity index (χ4n) is 1.71. The highest BCUT2D eigenvalue weighted by atomic mass is 32.2. The van der Waals surface area contributed by atoms with Crippen molar-refractivity contribution in [3.63, 3.8) is 0 Å². The number of hydrogen-bond acceptors (Lipinski definition) is 5. The van der Waals surface area contributed by atoms with Gasteiger partial charge in [-0.2, -0.15) is 0 Å². The van der Waals surface area contributed by atoms with E-state index in [4.69, 9.17) is 14.3 Å². The Morgan fingerprint density at radius 3 is 2.71 bits per heavy atom. The van der Waals surface area contributed by atoms with E-state index in [1.807, 2.05) is 0 Å². The van der Waals surface area contributed by atoms with E-state index >= 15 is 0 Å². The number of halogens is 1. The number of ether oxygens (including phenoxy) is 1. The first-order valence-corrected chi connectivity index (χ1v) is 7.72. The van der Waals surface area contributed by atoms with Crippen molar-refractivity contribution < 1.29 is 22.0 Å². The van der Waals surface area contributed by atoms with Gasteiger partial charge in [-0.05, 0) is 31.2 Å². The molecule has 0 saturated carbocycles. The third-order valence-corrected chi connectivity index (χ3v) is 3.39. The van der Waals surface area contributed by atoms with Gasteiger partial charge in [0.25, 0.3) is 10.0 Å². The lowest BCUT2D eigenvalue weighted by molar-refractivity contribution is 0.339. The molecule has 21 heavy (non-hydrogen) atoms. The van der Waals surface area contributed by atoms with Crippen LogP contribution in [0.5, 0.6) is 5.75 Å². The maximum absolute atomic E-state index is 13.2. The van der Waals surface area contributed by atoms with Gasteiger partial charge in [0.05, 0.1) is 18.8 Å². The lowest BCUT2D eigenvalue weighted by atomic mass is 10.2. The van der Waals surface area contributed by atoms with Crippen LogP contribution in [-0.4, -0.2) is 15.0 Å². The van der Waals surface area contributed by atoms with Gasteiger partial charge < -0.3 is 14.5 Å². The quantitative estimate of drug-likeness (QED) is 0.851. The van der Waals surface area contributed by atoms with Gasteiger partial charge in [0.15, 0.2) is 0 Å². The van der Waals surface area contributed by atoms with Crippen LogP contribution in [0.25, 0.3) is 0 Å². The van der Waals surface area contributed by atoms with Crippen LogP contribution in [0.1, 0.15) is 12.7 Å². The molecule has 0 saturated heterocycles. The van der Waals surface area contributed by atoms with Gasteiger partial charge in [-0.25, -0.2) is 17.9 Å². The van der Waals surface area contributed by atoms with Gasteiger partial charge in [-0.15, -0.1) is 0 Å². The van der Waals surface area contributed by atoms with Crippen molar-refractivity contribution in [2.24, 2.45) is 5.14 Å². The Bertz CT molecular complexity index is 728. The van der Waals surface area contributed by atoms with Gasteiger partial charge in [0, 0.05) is 6.07 Å². The average Bonchev–Trinajstić information content (AvgIpc) is 2.87. The number of anilines is 1. The lowest BCUT2D eigenvalue weighted by Crippen LogP contribution is -2.10.